The maximum absolute atomic E-state index is 13.4. The summed E-state index contributed by atoms with van der Waals surface area (Å²) in [5, 5.41) is 11.7. The van der Waals surface area contributed by atoms with E-state index < -0.39 is 0 Å². The van der Waals surface area contributed by atoms with E-state index in [9.17, 15) is 9.59 Å². The first-order chi connectivity index (χ1) is 19.1. The molecule has 1 heterocycles. The minimum absolute atomic E-state index is 0.0610. The molecule has 0 bridgehead atoms. The average Bonchev–Trinajstić information content (AvgIpc) is 3.50. The van der Waals surface area contributed by atoms with Crippen LogP contribution in [0.3, 0.4) is 0 Å². The van der Waals surface area contributed by atoms with Crippen LogP contribution < -0.4 is 21.3 Å². The van der Waals surface area contributed by atoms with Crippen LogP contribution >= 0.6 is 0 Å². The van der Waals surface area contributed by atoms with Crippen LogP contribution in [0.4, 0.5) is 10.5 Å². The highest BCUT2D eigenvalue weighted by atomic mass is 16.5. The maximum atomic E-state index is 13.4. The van der Waals surface area contributed by atoms with Gasteiger partial charge in [0.05, 0.1) is 17.8 Å². The van der Waals surface area contributed by atoms with Crippen molar-refractivity contribution in [1.82, 2.24) is 16.0 Å². The molecular formula is C32H40N4O3. The first-order valence-electron chi connectivity index (χ1n) is 13.6. The summed E-state index contributed by atoms with van der Waals surface area (Å²) in [6, 6.07) is 27.2. The Morgan fingerprint density at radius 3 is 2.31 bits per heavy atom. The van der Waals surface area contributed by atoms with E-state index >= 15 is 0 Å². The molecule has 1 aliphatic rings. The van der Waals surface area contributed by atoms with E-state index in [-0.39, 0.29) is 24.0 Å². The van der Waals surface area contributed by atoms with Gasteiger partial charge in [-0.2, -0.15) is 0 Å². The van der Waals surface area contributed by atoms with Crippen molar-refractivity contribution >= 4 is 17.6 Å². The molecule has 4 rings (SSSR count). The van der Waals surface area contributed by atoms with Crippen LogP contribution in [0.5, 0.6) is 0 Å². The summed E-state index contributed by atoms with van der Waals surface area (Å²) < 4.78 is 5.51. The van der Waals surface area contributed by atoms with Crippen molar-refractivity contribution in [3.63, 3.8) is 0 Å². The summed E-state index contributed by atoms with van der Waals surface area (Å²) in [6.45, 7) is 9.55. The minimum atomic E-state index is -0.320. The molecule has 0 radical (unpaired) electrons. The molecule has 1 fully saturated rings. The van der Waals surface area contributed by atoms with Crippen LogP contribution in [0.15, 0.2) is 97.3 Å². The second-order valence-corrected chi connectivity index (χ2v) is 9.14. The number of carbonyl (C=O) groups is 2. The molecule has 1 saturated heterocycles. The summed E-state index contributed by atoms with van der Waals surface area (Å²) in [7, 11) is 0. The zero-order valence-electron chi connectivity index (χ0n) is 22.9. The molecule has 2 unspecified atom stereocenters. The Bertz CT molecular complexity index is 1180. The summed E-state index contributed by atoms with van der Waals surface area (Å²) >= 11 is 0. The van der Waals surface area contributed by atoms with Gasteiger partial charge in [-0.05, 0) is 48.1 Å². The molecule has 3 amide bonds. The lowest BCUT2D eigenvalue weighted by atomic mass is 9.91. The van der Waals surface area contributed by atoms with Gasteiger partial charge in [0.25, 0.3) is 0 Å². The highest BCUT2D eigenvalue weighted by Gasteiger charge is 2.21. The van der Waals surface area contributed by atoms with Crippen LogP contribution in [0.25, 0.3) is 0 Å². The Balaban J connectivity index is 0.00000205. The number of rotatable bonds is 11. The molecule has 4 N–H and O–H groups in total. The number of hydrogen-bond acceptors (Lipinski definition) is 4. The van der Waals surface area contributed by atoms with Crippen molar-refractivity contribution < 1.29 is 14.3 Å². The first kappa shape index (κ1) is 29.5. The highest BCUT2D eigenvalue weighted by Crippen LogP contribution is 2.23. The van der Waals surface area contributed by atoms with Gasteiger partial charge >= 0.3 is 6.03 Å². The molecule has 3 aromatic rings. The number of urea groups is 1. The molecule has 7 heteroatoms. The van der Waals surface area contributed by atoms with Gasteiger partial charge in [-0.1, -0.05) is 93.2 Å². The number of carbonyl (C=O) groups excluding carboxylic acids is 2. The zero-order chi connectivity index (χ0) is 27.9. The molecule has 0 aliphatic carbocycles. The molecule has 39 heavy (non-hydrogen) atoms. The van der Waals surface area contributed by atoms with Crippen molar-refractivity contribution in [2.45, 2.75) is 51.7 Å². The highest BCUT2D eigenvalue weighted by molar-refractivity contribution is 5.96. The third-order valence-corrected chi connectivity index (χ3v) is 6.28. The van der Waals surface area contributed by atoms with Crippen LogP contribution in [-0.4, -0.2) is 31.2 Å². The van der Waals surface area contributed by atoms with Crippen molar-refractivity contribution in [3.8, 4) is 0 Å². The first-order valence-corrected chi connectivity index (χ1v) is 13.6. The van der Waals surface area contributed by atoms with Crippen molar-refractivity contribution in [2.75, 3.05) is 18.5 Å². The fourth-order valence-corrected chi connectivity index (χ4v) is 4.33. The maximum Gasteiger partial charge on any atom is 0.320 e. The number of hydrogen-bond donors (Lipinski definition) is 4. The lowest BCUT2D eigenvalue weighted by molar-refractivity contribution is -0.117. The molecule has 7 nitrogen and oxygen atoms in total. The molecule has 3 aromatic carbocycles. The smallest absolute Gasteiger partial charge is 0.320 e. The number of nitrogens with one attached hydrogen (secondary N) is 4. The van der Waals surface area contributed by atoms with Crippen molar-refractivity contribution in [3.05, 3.63) is 114 Å². The molecule has 1 aliphatic heterocycles. The number of amides is 3. The van der Waals surface area contributed by atoms with Crippen LogP contribution in [0, 0.1) is 0 Å². The van der Waals surface area contributed by atoms with E-state index in [2.05, 4.69) is 27.8 Å². The largest absolute Gasteiger partial charge is 0.376 e. The van der Waals surface area contributed by atoms with E-state index in [1.165, 1.54) is 0 Å². The number of benzene rings is 3. The van der Waals surface area contributed by atoms with E-state index in [0.29, 0.717) is 31.0 Å². The van der Waals surface area contributed by atoms with Gasteiger partial charge in [-0.3, -0.25) is 10.1 Å². The SMILES string of the molecule is C=C(NCc1cccc(NC(=O)C(Cc2ccccc2)c2ccccc2)c1)NC(=O)NCC1CCCO1.CC. The summed E-state index contributed by atoms with van der Waals surface area (Å²) in [5.41, 5.74) is 3.74. The average molecular weight is 529 g/mol. The number of anilines is 1. The van der Waals surface area contributed by atoms with Gasteiger partial charge in [-0.15, -0.1) is 0 Å². The summed E-state index contributed by atoms with van der Waals surface area (Å²) in [5.74, 6) is 0.0166. The van der Waals surface area contributed by atoms with E-state index in [4.69, 9.17) is 4.74 Å². The van der Waals surface area contributed by atoms with Gasteiger partial charge in [-0.25, -0.2) is 4.79 Å². The monoisotopic (exact) mass is 528 g/mol. The van der Waals surface area contributed by atoms with Gasteiger partial charge < -0.3 is 20.7 Å². The normalized spacial score (nSPS) is 14.8. The molecular weight excluding hydrogens is 488 g/mol. The topological polar surface area (TPSA) is 91.5 Å². The molecule has 0 aromatic heterocycles. The standard InChI is InChI=1S/C30H34N4O3.C2H6/c1-22(33-30(36)32-21-27-16-9-17-37-27)31-20-24-12-8-15-26(18-24)34-29(35)28(25-13-6-3-7-14-25)19-23-10-4-2-5-11-23;1-2/h2-8,10-15,18,27-28,31H,1,9,16-17,19-21H2,(H,34,35)(H2,32,33,36);1-2H3. The van der Waals surface area contributed by atoms with Gasteiger partial charge in [0.15, 0.2) is 0 Å². The second-order valence-electron chi connectivity index (χ2n) is 9.14. The van der Waals surface area contributed by atoms with Gasteiger partial charge in [0, 0.05) is 25.4 Å². The zero-order valence-corrected chi connectivity index (χ0v) is 22.9. The quantitative estimate of drug-likeness (QED) is 0.256. The lowest BCUT2D eigenvalue weighted by Gasteiger charge is -2.18. The van der Waals surface area contributed by atoms with E-state index in [1.54, 1.807) is 0 Å². The third kappa shape index (κ3) is 9.94. The molecule has 0 spiro atoms. The fraction of sp³-hybridized carbons (Fsp3) is 0.312. The van der Waals surface area contributed by atoms with Crippen LogP contribution in [-0.2, 0) is 22.5 Å². The van der Waals surface area contributed by atoms with E-state index in [0.717, 1.165) is 36.1 Å². The predicted octanol–water partition coefficient (Wildman–Crippen LogP) is 5.72. The molecule has 206 valence electrons. The Morgan fingerprint density at radius 2 is 1.62 bits per heavy atom. The van der Waals surface area contributed by atoms with Crippen LogP contribution in [0.1, 0.15) is 49.3 Å². The van der Waals surface area contributed by atoms with Crippen LogP contribution in [0.2, 0.25) is 0 Å². The molecule has 0 saturated carbocycles. The minimum Gasteiger partial charge on any atom is -0.376 e. The summed E-state index contributed by atoms with van der Waals surface area (Å²) in [4.78, 5) is 25.5. The molecule has 2 atom stereocenters. The fourth-order valence-electron chi connectivity index (χ4n) is 4.33. The summed E-state index contributed by atoms with van der Waals surface area (Å²) in [6.07, 6.45) is 2.68. The Morgan fingerprint density at radius 1 is 0.923 bits per heavy atom. The van der Waals surface area contributed by atoms with Crippen molar-refractivity contribution in [2.24, 2.45) is 0 Å². The Kier molecular flexibility index (Phi) is 12.1. The van der Waals surface area contributed by atoms with Gasteiger partial charge in [0.2, 0.25) is 5.91 Å². The van der Waals surface area contributed by atoms with Gasteiger partial charge in [0.1, 0.15) is 0 Å². The number of ether oxygens (including phenoxy) is 1. The lowest BCUT2D eigenvalue weighted by Crippen LogP contribution is -2.41. The predicted molar refractivity (Wildman–Crippen MR) is 157 cm³/mol. The van der Waals surface area contributed by atoms with Crippen molar-refractivity contribution in [1.29, 1.82) is 0 Å². The Hall–Kier alpha value is -4.10. The van der Waals surface area contributed by atoms with E-state index in [1.807, 2.05) is 98.8 Å². The second kappa shape index (κ2) is 16.0. The Labute approximate surface area is 232 Å². The third-order valence-electron chi connectivity index (χ3n) is 6.28.